The number of carbonyl (C=O) groups excluding carboxylic acids is 2. The van der Waals surface area contributed by atoms with Crippen LogP contribution >= 0.6 is 0 Å². The number of urea groups is 1. The van der Waals surface area contributed by atoms with Gasteiger partial charge in [-0.15, -0.1) is 0 Å². The summed E-state index contributed by atoms with van der Waals surface area (Å²) in [6, 6.07) is 25.6. The van der Waals surface area contributed by atoms with Crippen molar-refractivity contribution in [2.75, 3.05) is 10.2 Å². The predicted octanol–water partition coefficient (Wildman–Crippen LogP) is 4.59. The van der Waals surface area contributed by atoms with Gasteiger partial charge in [-0.3, -0.25) is 4.79 Å². The van der Waals surface area contributed by atoms with Gasteiger partial charge in [-0.1, -0.05) is 60.7 Å². The molecule has 0 saturated heterocycles. The van der Waals surface area contributed by atoms with Gasteiger partial charge in [0, 0.05) is 5.69 Å². The summed E-state index contributed by atoms with van der Waals surface area (Å²) in [5.74, 6) is -0.490. The van der Waals surface area contributed by atoms with Crippen LogP contribution in [0.4, 0.5) is 16.2 Å². The van der Waals surface area contributed by atoms with E-state index >= 15 is 0 Å². The monoisotopic (exact) mass is 342 g/mol. The molecule has 0 radical (unpaired) electrons. The second-order valence-electron chi connectivity index (χ2n) is 6.26. The van der Waals surface area contributed by atoms with E-state index in [0.717, 1.165) is 5.56 Å². The van der Waals surface area contributed by atoms with Crippen LogP contribution in [0.15, 0.2) is 84.9 Å². The number of benzene rings is 3. The predicted molar refractivity (Wildman–Crippen MR) is 102 cm³/mol. The van der Waals surface area contributed by atoms with Crippen molar-refractivity contribution in [2.24, 2.45) is 0 Å². The number of anilines is 2. The third-order valence-electron chi connectivity index (χ3n) is 4.62. The fourth-order valence-corrected chi connectivity index (χ4v) is 3.26. The van der Waals surface area contributed by atoms with E-state index < -0.39 is 6.03 Å². The summed E-state index contributed by atoms with van der Waals surface area (Å²) in [6.45, 7) is 0. The first-order valence-corrected chi connectivity index (χ1v) is 8.57. The van der Waals surface area contributed by atoms with E-state index in [4.69, 9.17) is 0 Å². The molecule has 0 aromatic heterocycles. The van der Waals surface area contributed by atoms with Gasteiger partial charge in [-0.05, 0) is 41.8 Å². The van der Waals surface area contributed by atoms with Gasteiger partial charge in [-0.2, -0.15) is 0 Å². The van der Waals surface area contributed by atoms with Gasteiger partial charge in [0.05, 0.1) is 11.6 Å². The number of fused-ring (bicyclic) bond motifs is 1. The zero-order valence-electron chi connectivity index (χ0n) is 14.1. The van der Waals surface area contributed by atoms with E-state index in [1.54, 1.807) is 24.3 Å². The van der Waals surface area contributed by atoms with Crippen LogP contribution in [0.3, 0.4) is 0 Å². The third-order valence-corrected chi connectivity index (χ3v) is 4.62. The van der Waals surface area contributed by atoms with Crippen molar-refractivity contribution in [1.29, 1.82) is 0 Å². The summed E-state index contributed by atoms with van der Waals surface area (Å²) in [4.78, 5) is 27.3. The number of nitrogens with zero attached hydrogens (tertiary/aromatic N) is 1. The summed E-state index contributed by atoms with van der Waals surface area (Å²) >= 11 is 0. The average Bonchev–Trinajstić information content (AvgIpc) is 2.65. The molecule has 0 spiro atoms. The molecule has 26 heavy (non-hydrogen) atoms. The first-order chi connectivity index (χ1) is 12.7. The quantitative estimate of drug-likeness (QED) is 0.757. The van der Waals surface area contributed by atoms with Crippen LogP contribution in [0.5, 0.6) is 0 Å². The maximum absolute atomic E-state index is 13.2. The van der Waals surface area contributed by atoms with E-state index in [2.05, 4.69) is 5.32 Å². The van der Waals surface area contributed by atoms with Crippen LogP contribution in [0.25, 0.3) is 0 Å². The van der Waals surface area contributed by atoms with Gasteiger partial charge in [0.25, 0.3) is 0 Å². The Kier molecular flexibility index (Phi) is 4.23. The van der Waals surface area contributed by atoms with Crippen molar-refractivity contribution < 1.29 is 9.59 Å². The molecule has 0 aliphatic heterocycles. The highest BCUT2D eigenvalue weighted by molar-refractivity contribution is 6.20. The van der Waals surface area contributed by atoms with Gasteiger partial charge in [-0.25, -0.2) is 9.69 Å². The van der Waals surface area contributed by atoms with Crippen LogP contribution < -0.4 is 10.2 Å². The SMILES string of the molecule is O=C(Nc1ccccc1)N(C(=O)[C@H]1Cc2ccccc21)c1ccccc1. The van der Waals surface area contributed by atoms with Crippen molar-refractivity contribution in [1.82, 2.24) is 0 Å². The third kappa shape index (κ3) is 2.97. The molecule has 0 bridgehead atoms. The van der Waals surface area contributed by atoms with Gasteiger partial charge in [0.2, 0.25) is 5.91 Å². The molecule has 4 rings (SSSR count). The van der Waals surface area contributed by atoms with E-state index in [1.807, 2.05) is 60.7 Å². The topological polar surface area (TPSA) is 49.4 Å². The molecule has 1 aliphatic carbocycles. The Labute approximate surface area is 152 Å². The first kappa shape index (κ1) is 16.1. The maximum atomic E-state index is 13.2. The number of rotatable bonds is 3. The number of hydrogen-bond acceptors (Lipinski definition) is 2. The van der Waals surface area contributed by atoms with Gasteiger partial charge < -0.3 is 5.32 Å². The van der Waals surface area contributed by atoms with Crippen molar-refractivity contribution in [3.05, 3.63) is 96.1 Å². The van der Waals surface area contributed by atoms with Crippen molar-refractivity contribution in [2.45, 2.75) is 12.3 Å². The lowest BCUT2D eigenvalue weighted by Gasteiger charge is -2.33. The number of amides is 3. The van der Waals surface area contributed by atoms with Crippen LogP contribution in [0, 0.1) is 0 Å². The van der Waals surface area contributed by atoms with Crippen LogP contribution in [-0.2, 0) is 11.2 Å². The number of nitrogens with one attached hydrogen (secondary N) is 1. The number of carbonyl (C=O) groups is 2. The molecule has 1 N–H and O–H groups in total. The summed E-state index contributed by atoms with van der Waals surface area (Å²) in [6.07, 6.45) is 0.664. The highest BCUT2D eigenvalue weighted by Crippen LogP contribution is 2.37. The second kappa shape index (κ2) is 6.84. The molecular formula is C22H18N2O2. The van der Waals surface area contributed by atoms with Crippen LogP contribution in [-0.4, -0.2) is 11.9 Å². The highest BCUT2D eigenvalue weighted by Gasteiger charge is 2.37. The van der Waals surface area contributed by atoms with Crippen LogP contribution in [0.2, 0.25) is 0 Å². The largest absolute Gasteiger partial charge is 0.333 e. The van der Waals surface area contributed by atoms with Crippen molar-refractivity contribution in [3.63, 3.8) is 0 Å². The molecule has 0 heterocycles. The molecule has 128 valence electrons. The Balaban J connectivity index is 1.64. The molecular weight excluding hydrogens is 324 g/mol. The molecule has 3 aromatic rings. The molecule has 4 heteroatoms. The van der Waals surface area contributed by atoms with E-state index in [-0.39, 0.29) is 11.8 Å². The smallest absolute Gasteiger partial charge is 0.307 e. The summed E-state index contributed by atoms with van der Waals surface area (Å²) in [7, 11) is 0. The lowest BCUT2D eigenvalue weighted by molar-refractivity contribution is -0.119. The standard InChI is InChI=1S/C22H18N2O2/c25-21(20-15-16-9-7-8-14-19(16)20)24(18-12-5-2-6-13-18)22(26)23-17-10-3-1-4-11-17/h1-14,20H,15H2,(H,23,26)/t20-/m0/s1. The fraction of sp³-hybridized carbons (Fsp3) is 0.0909. The Morgan fingerprint density at radius 1 is 0.808 bits per heavy atom. The van der Waals surface area contributed by atoms with Gasteiger partial charge in [0.1, 0.15) is 0 Å². The normalized spacial score (nSPS) is 14.7. The Bertz CT molecular complexity index is 939. The first-order valence-electron chi connectivity index (χ1n) is 8.57. The van der Waals surface area contributed by atoms with Crippen molar-refractivity contribution >= 4 is 23.3 Å². The fourth-order valence-electron chi connectivity index (χ4n) is 3.26. The molecule has 3 amide bonds. The Hall–Kier alpha value is -3.40. The number of para-hydroxylation sites is 2. The average molecular weight is 342 g/mol. The van der Waals surface area contributed by atoms with E-state index in [0.29, 0.717) is 17.8 Å². The zero-order valence-corrected chi connectivity index (χ0v) is 14.1. The minimum absolute atomic E-state index is 0.205. The molecule has 1 atom stereocenters. The molecule has 0 saturated carbocycles. The summed E-state index contributed by atoms with van der Waals surface area (Å²) in [5, 5.41) is 2.81. The molecule has 0 unspecified atom stereocenters. The van der Waals surface area contributed by atoms with E-state index in [9.17, 15) is 9.59 Å². The lowest BCUT2D eigenvalue weighted by atomic mass is 9.77. The second-order valence-corrected chi connectivity index (χ2v) is 6.26. The highest BCUT2D eigenvalue weighted by atomic mass is 16.2. The van der Waals surface area contributed by atoms with E-state index in [1.165, 1.54) is 10.5 Å². The van der Waals surface area contributed by atoms with Crippen LogP contribution in [0.1, 0.15) is 17.0 Å². The zero-order chi connectivity index (χ0) is 17.9. The van der Waals surface area contributed by atoms with Gasteiger partial charge >= 0.3 is 6.03 Å². The molecule has 1 aliphatic rings. The number of imide groups is 1. The minimum atomic E-state index is -0.447. The molecule has 0 fully saturated rings. The summed E-state index contributed by atoms with van der Waals surface area (Å²) < 4.78 is 0. The molecule has 4 nitrogen and oxygen atoms in total. The number of hydrogen-bond donors (Lipinski definition) is 1. The summed E-state index contributed by atoms with van der Waals surface area (Å²) in [5.41, 5.74) is 3.39. The Morgan fingerprint density at radius 2 is 1.42 bits per heavy atom. The molecule has 3 aromatic carbocycles. The maximum Gasteiger partial charge on any atom is 0.333 e. The Morgan fingerprint density at radius 3 is 2.12 bits per heavy atom. The lowest BCUT2D eigenvalue weighted by Crippen LogP contribution is -2.45. The van der Waals surface area contributed by atoms with Gasteiger partial charge in [0.15, 0.2) is 0 Å². The van der Waals surface area contributed by atoms with Crippen molar-refractivity contribution in [3.8, 4) is 0 Å². The minimum Gasteiger partial charge on any atom is -0.307 e.